The molecule has 2 aromatic rings. The molecule has 1 aromatic carbocycles. The van der Waals surface area contributed by atoms with E-state index in [-0.39, 0.29) is 5.56 Å². The molecule has 19 heavy (non-hydrogen) atoms. The number of hydrogen-bond donors (Lipinski definition) is 1. The molecule has 0 aliphatic rings. The van der Waals surface area contributed by atoms with E-state index in [0.29, 0.717) is 28.0 Å². The molecule has 0 bridgehead atoms. The predicted molar refractivity (Wildman–Crippen MR) is 77.9 cm³/mol. The van der Waals surface area contributed by atoms with Gasteiger partial charge in [0.1, 0.15) is 5.75 Å². The van der Waals surface area contributed by atoms with E-state index < -0.39 is 5.97 Å². The van der Waals surface area contributed by atoms with Crippen LogP contribution in [0.15, 0.2) is 23.6 Å². The molecule has 100 valence electrons. The topological polar surface area (TPSA) is 46.5 Å². The highest BCUT2D eigenvalue weighted by atomic mass is 35.5. The van der Waals surface area contributed by atoms with E-state index in [4.69, 9.17) is 33.0 Å². The summed E-state index contributed by atoms with van der Waals surface area (Å²) in [6.07, 6.45) is 0. The smallest absolute Gasteiger partial charge is 0.336 e. The van der Waals surface area contributed by atoms with Gasteiger partial charge in [0.2, 0.25) is 0 Å². The third-order valence-electron chi connectivity index (χ3n) is 2.43. The molecule has 0 radical (unpaired) electrons. The number of hydrogen-bond acceptors (Lipinski definition) is 3. The van der Waals surface area contributed by atoms with Gasteiger partial charge >= 0.3 is 5.97 Å². The van der Waals surface area contributed by atoms with Gasteiger partial charge in [-0.25, -0.2) is 4.79 Å². The Kier molecular flexibility index (Phi) is 4.34. The van der Waals surface area contributed by atoms with Gasteiger partial charge < -0.3 is 9.84 Å². The molecule has 0 fully saturated rings. The summed E-state index contributed by atoms with van der Waals surface area (Å²) in [6, 6.07) is 4.90. The molecule has 2 rings (SSSR count). The molecule has 0 aliphatic carbocycles. The van der Waals surface area contributed by atoms with Gasteiger partial charge in [-0.1, -0.05) is 23.2 Å². The Hall–Kier alpha value is -1.23. The highest BCUT2D eigenvalue weighted by Gasteiger charge is 2.13. The Labute approximate surface area is 124 Å². The van der Waals surface area contributed by atoms with E-state index in [1.165, 1.54) is 11.3 Å². The van der Waals surface area contributed by atoms with Crippen LogP contribution in [0, 0.1) is 0 Å². The minimum absolute atomic E-state index is 0.237. The summed E-state index contributed by atoms with van der Waals surface area (Å²) >= 11 is 13.6. The quantitative estimate of drug-likeness (QED) is 0.879. The molecule has 1 N–H and O–H groups in total. The Bertz CT molecular complexity index is 622. The van der Waals surface area contributed by atoms with E-state index in [0.717, 1.165) is 4.88 Å². The fourth-order valence-electron chi connectivity index (χ4n) is 1.57. The summed E-state index contributed by atoms with van der Waals surface area (Å²) in [6.45, 7) is 2.36. The van der Waals surface area contributed by atoms with Crippen LogP contribution >= 0.6 is 34.5 Å². The van der Waals surface area contributed by atoms with Crippen LogP contribution in [0.5, 0.6) is 5.75 Å². The summed E-state index contributed by atoms with van der Waals surface area (Å²) in [5.41, 5.74) is 0.939. The van der Waals surface area contributed by atoms with Crippen LogP contribution in [0.2, 0.25) is 10.0 Å². The van der Waals surface area contributed by atoms with E-state index in [9.17, 15) is 4.79 Å². The second-order valence-corrected chi connectivity index (χ2v) is 5.43. The summed E-state index contributed by atoms with van der Waals surface area (Å²) in [5, 5.41) is 11.4. The largest absolute Gasteiger partial charge is 0.492 e. The maximum Gasteiger partial charge on any atom is 0.336 e. The van der Waals surface area contributed by atoms with Crippen molar-refractivity contribution in [1.82, 2.24) is 0 Å². The van der Waals surface area contributed by atoms with Gasteiger partial charge in [-0.3, -0.25) is 0 Å². The van der Waals surface area contributed by atoms with Gasteiger partial charge in [0.15, 0.2) is 0 Å². The summed E-state index contributed by atoms with van der Waals surface area (Å²) in [5.74, 6) is -0.441. The molecule has 1 heterocycles. The maximum atomic E-state index is 10.9. The molecule has 0 spiro atoms. The third kappa shape index (κ3) is 3.03. The van der Waals surface area contributed by atoms with Crippen LogP contribution in [0.4, 0.5) is 0 Å². The van der Waals surface area contributed by atoms with Crippen molar-refractivity contribution in [2.45, 2.75) is 6.92 Å². The second-order valence-electron chi connectivity index (χ2n) is 3.70. The predicted octanol–water partition coefficient (Wildman–Crippen LogP) is 4.82. The molecule has 0 atom stereocenters. The Balaban J connectivity index is 2.44. The van der Waals surface area contributed by atoms with Crippen molar-refractivity contribution >= 4 is 40.5 Å². The molecule has 0 saturated carbocycles. The van der Waals surface area contributed by atoms with E-state index >= 15 is 0 Å². The summed E-state index contributed by atoms with van der Waals surface area (Å²) in [4.78, 5) is 11.6. The Morgan fingerprint density at radius 1 is 1.32 bits per heavy atom. The van der Waals surface area contributed by atoms with E-state index in [2.05, 4.69) is 0 Å². The zero-order valence-electron chi connectivity index (χ0n) is 9.94. The number of aromatic carboxylic acids is 1. The van der Waals surface area contributed by atoms with Crippen molar-refractivity contribution in [3.63, 3.8) is 0 Å². The van der Waals surface area contributed by atoms with Crippen molar-refractivity contribution in [2.75, 3.05) is 6.61 Å². The molecule has 6 heteroatoms. The number of carboxylic acid groups (broad SMARTS) is 1. The highest BCUT2D eigenvalue weighted by Crippen LogP contribution is 2.39. The highest BCUT2D eigenvalue weighted by molar-refractivity contribution is 7.14. The number of rotatable bonds is 4. The van der Waals surface area contributed by atoms with Crippen molar-refractivity contribution in [2.24, 2.45) is 0 Å². The molecule has 0 saturated heterocycles. The number of benzene rings is 1. The zero-order valence-corrected chi connectivity index (χ0v) is 12.3. The first-order valence-corrected chi connectivity index (χ1v) is 7.10. The zero-order chi connectivity index (χ0) is 14.0. The Morgan fingerprint density at radius 3 is 2.63 bits per heavy atom. The molecule has 0 amide bonds. The Morgan fingerprint density at radius 2 is 2.05 bits per heavy atom. The van der Waals surface area contributed by atoms with Crippen molar-refractivity contribution in [1.29, 1.82) is 0 Å². The molecule has 3 nitrogen and oxygen atoms in total. The van der Waals surface area contributed by atoms with Crippen LogP contribution in [0.3, 0.4) is 0 Å². The first kappa shape index (κ1) is 14.2. The minimum Gasteiger partial charge on any atom is -0.492 e. The van der Waals surface area contributed by atoms with E-state index in [1.807, 2.05) is 6.92 Å². The van der Waals surface area contributed by atoms with Crippen LogP contribution in [-0.2, 0) is 0 Å². The van der Waals surface area contributed by atoms with Gasteiger partial charge in [-0.2, -0.15) is 0 Å². The molecule has 0 aliphatic heterocycles. The molecule has 0 unspecified atom stereocenters. The summed E-state index contributed by atoms with van der Waals surface area (Å²) < 4.78 is 5.34. The van der Waals surface area contributed by atoms with Crippen molar-refractivity contribution in [3.05, 3.63) is 39.2 Å². The van der Waals surface area contributed by atoms with Gasteiger partial charge in [0.25, 0.3) is 0 Å². The van der Waals surface area contributed by atoms with Gasteiger partial charge in [-0.05, 0) is 19.1 Å². The lowest BCUT2D eigenvalue weighted by Gasteiger charge is -2.09. The lowest BCUT2D eigenvalue weighted by Crippen LogP contribution is -1.93. The lowest BCUT2D eigenvalue weighted by atomic mass is 10.1. The first-order valence-electron chi connectivity index (χ1n) is 5.47. The molecular weight excluding hydrogens is 307 g/mol. The van der Waals surface area contributed by atoms with Gasteiger partial charge in [-0.15, -0.1) is 11.3 Å². The minimum atomic E-state index is -0.962. The average Bonchev–Trinajstić information content (AvgIpc) is 2.83. The number of carboxylic acids is 1. The number of halogens is 2. The fraction of sp³-hybridized carbons (Fsp3) is 0.154. The van der Waals surface area contributed by atoms with Crippen molar-refractivity contribution < 1.29 is 14.6 Å². The number of ether oxygens (including phenoxy) is 1. The standard InChI is InChI=1S/C13H10Cl2O3S/c1-2-18-11-5-9(14)8(4-10(11)15)12-3-7(6-19-12)13(16)17/h3-6H,2H2,1H3,(H,16,17). The van der Waals surface area contributed by atoms with Crippen LogP contribution in [0.1, 0.15) is 17.3 Å². The van der Waals surface area contributed by atoms with Crippen molar-refractivity contribution in [3.8, 4) is 16.2 Å². The second kappa shape index (κ2) is 5.82. The van der Waals surface area contributed by atoms with Crippen LogP contribution in [0.25, 0.3) is 10.4 Å². The fourth-order valence-corrected chi connectivity index (χ4v) is 3.02. The maximum absolute atomic E-state index is 10.9. The van der Waals surface area contributed by atoms with Gasteiger partial charge in [0, 0.05) is 21.9 Å². The van der Waals surface area contributed by atoms with E-state index in [1.54, 1.807) is 23.6 Å². The van der Waals surface area contributed by atoms with Gasteiger partial charge in [0.05, 0.1) is 22.2 Å². The molecular formula is C13H10Cl2O3S. The van der Waals surface area contributed by atoms with Crippen LogP contribution in [-0.4, -0.2) is 17.7 Å². The van der Waals surface area contributed by atoms with Crippen LogP contribution < -0.4 is 4.74 Å². The average molecular weight is 317 g/mol. The molecule has 1 aromatic heterocycles. The normalized spacial score (nSPS) is 10.5. The monoisotopic (exact) mass is 316 g/mol. The number of thiophene rings is 1. The number of carbonyl (C=O) groups is 1. The lowest BCUT2D eigenvalue weighted by molar-refractivity contribution is 0.0697. The third-order valence-corrected chi connectivity index (χ3v) is 4.00. The summed E-state index contributed by atoms with van der Waals surface area (Å²) in [7, 11) is 0. The first-order chi connectivity index (χ1) is 9.02. The SMILES string of the molecule is CCOc1cc(Cl)c(-c2cc(C(=O)O)cs2)cc1Cl.